The number of H-pyrrole nitrogens is 1. The van der Waals surface area contributed by atoms with Crippen LogP contribution in [0.15, 0.2) is 72.8 Å². The highest BCUT2D eigenvalue weighted by Crippen LogP contribution is 2.50. The van der Waals surface area contributed by atoms with Crippen molar-refractivity contribution >= 4 is 45.7 Å². The minimum atomic E-state index is -0.927. The number of aryl methyl sites for hydroxylation is 1. The molecule has 0 radical (unpaired) electrons. The molecule has 3 atom stereocenters. The van der Waals surface area contributed by atoms with E-state index in [1.54, 1.807) is 23.3 Å². The maximum atomic E-state index is 13.9. The summed E-state index contributed by atoms with van der Waals surface area (Å²) in [5, 5.41) is 3.24. The van der Waals surface area contributed by atoms with Crippen molar-refractivity contribution < 1.29 is 14.4 Å². The van der Waals surface area contributed by atoms with Crippen molar-refractivity contribution in [3.63, 3.8) is 0 Å². The van der Waals surface area contributed by atoms with Gasteiger partial charge in [-0.05, 0) is 49.7 Å². The number of hydrogen-bond donors (Lipinski definition) is 1. The van der Waals surface area contributed by atoms with Gasteiger partial charge in [-0.2, -0.15) is 0 Å². The number of fused-ring (bicyclic) bond motifs is 2. The van der Waals surface area contributed by atoms with Crippen LogP contribution in [0.2, 0.25) is 5.02 Å². The van der Waals surface area contributed by atoms with Crippen molar-refractivity contribution in [2.75, 3.05) is 9.96 Å². The first-order valence-electron chi connectivity index (χ1n) is 11.2. The smallest absolute Gasteiger partial charge is 0.266 e. The van der Waals surface area contributed by atoms with Gasteiger partial charge in [-0.25, -0.2) is 9.96 Å². The summed E-state index contributed by atoms with van der Waals surface area (Å²) >= 11 is 6.31. The number of carbonyl (C=O) groups excluding carboxylic acids is 2. The van der Waals surface area contributed by atoms with E-state index in [0.29, 0.717) is 16.3 Å². The van der Waals surface area contributed by atoms with Crippen LogP contribution in [-0.4, -0.2) is 22.9 Å². The molecule has 2 saturated heterocycles. The summed E-state index contributed by atoms with van der Waals surface area (Å²) in [6, 6.07) is 22.3. The molecule has 6 rings (SSSR count). The van der Waals surface area contributed by atoms with Gasteiger partial charge in [0.05, 0.1) is 17.4 Å². The molecule has 0 unspecified atom stereocenters. The van der Waals surface area contributed by atoms with Crippen LogP contribution >= 0.6 is 11.6 Å². The number of benzene rings is 3. The Morgan fingerprint density at radius 1 is 0.882 bits per heavy atom. The molecule has 0 spiro atoms. The number of anilines is 2. The third kappa shape index (κ3) is 2.92. The fourth-order valence-corrected chi connectivity index (χ4v) is 5.43. The molecule has 7 heteroatoms. The molecule has 0 aliphatic carbocycles. The number of aromatic nitrogens is 1. The van der Waals surface area contributed by atoms with Crippen LogP contribution in [0.4, 0.5) is 11.4 Å². The van der Waals surface area contributed by atoms with E-state index in [0.717, 1.165) is 27.8 Å². The molecule has 2 amide bonds. The number of nitrogens with zero attached hydrogens (tertiary/aromatic N) is 2. The van der Waals surface area contributed by atoms with E-state index in [4.69, 9.17) is 16.4 Å². The first-order valence-corrected chi connectivity index (χ1v) is 11.6. The van der Waals surface area contributed by atoms with Crippen LogP contribution < -0.4 is 9.96 Å². The van der Waals surface area contributed by atoms with Crippen LogP contribution in [0.25, 0.3) is 10.9 Å². The predicted molar refractivity (Wildman–Crippen MR) is 132 cm³/mol. The Morgan fingerprint density at radius 3 is 2.41 bits per heavy atom. The molecule has 3 heterocycles. The first-order chi connectivity index (χ1) is 16.5. The number of nitrogens with one attached hydrogen (secondary N) is 1. The highest BCUT2D eigenvalue weighted by molar-refractivity contribution is 6.32. The fraction of sp³-hybridized carbons (Fsp3) is 0.185. The molecule has 2 aliphatic rings. The lowest BCUT2D eigenvalue weighted by atomic mass is 9.89. The standard InChI is InChI=1S/C27H22ClN3O3/c1-15-19(28)12-8-14-21(15)30-26(32)23-24(22-16(2)29-20-13-7-6-11-18(20)22)31(34-25(23)27(30)33)17-9-4-3-5-10-17/h3-14,23-25,29H,1-2H3/t23-,24-,25-/m1/s1. The molecule has 0 bridgehead atoms. The summed E-state index contributed by atoms with van der Waals surface area (Å²) in [5.74, 6) is -1.36. The Bertz CT molecular complexity index is 1450. The number of imide groups is 1. The average Bonchev–Trinajstić information content (AvgIpc) is 3.46. The largest absolute Gasteiger partial charge is 0.358 e. The van der Waals surface area contributed by atoms with Crippen molar-refractivity contribution in [2.45, 2.75) is 26.0 Å². The van der Waals surface area contributed by atoms with Crippen molar-refractivity contribution in [3.8, 4) is 0 Å². The number of carbonyl (C=O) groups is 2. The molecule has 2 fully saturated rings. The lowest BCUT2D eigenvalue weighted by Gasteiger charge is -2.29. The van der Waals surface area contributed by atoms with Gasteiger partial charge in [0.1, 0.15) is 5.92 Å². The number of aromatic amines is 1. The Hall–Kier alpha value is -3.61. The van der Waals surface area contributed by atoms with E-state index >= 15 is 0 Å². The lowest BCUT2D eigenvalue weighted by molar-refractivity contribution is -0.126. The monoisotopic (exact) mass is 471 g/mol. The predicted octanol–water partition coefficient (Wildman–Crippen LogP) is 5.49. The highest BCUT2D eigenvalue weighted by atomic mass is 35.5. The summed E-state index contributed by atoms with van der Waals surface area (Å²) < 4.78 is 0. The maximum Gasteiger partial charge on any atom is 0.266 e. The summed E-state index contributed by atoms with van der Waals surface area (Å²) in [6.07, 6.45) is -0.927. The van der Waals surface area contributed by atoms with Crippen LogP contribution in [0.1, 0.15) is 22.9 Å². The van der Waals surface area contributed by atoms with Gasteiger partial charge in [-0.1, -0.05) is 54.1 Å². The molecule has 34 heavy (non-hydrogen) atoms. The molecular formula is C27H22ClN3O3. The molecule has 170 valence electrons. The number of para-hydroxylation sites is 2. The van der Waals surface area contributed by atoms with Gasteiger partial charge in [0.25, 0.3) is 5.91 Å². The second kappa shape index (κ2) is 7.72. The van der Waals surface area contributed by atoms with Crippen LogP contribution in [0.3, 0.4) is 0 Å². The number of hydroxylamine groups is 1. The Morgan fingerprint density at radius 2 is 1.62 bits per heavy atom. The van der Waals surface area contributed by atoms with E-state index in [1.165, 1.54) is 4.90 Å². The van der Waals surface area contributed by atoms with E-state index < -0.39 is 18.1 Å². The third-order valence-electron chi connectivity index (χ3n) is 6.85. The third-order valence-corrected chi connectivity index (χ3v) is 7.25. The minimum absolute atomic E-state index is 0.284. The maximum absolute atomic E-state index is 13.9. The van der Waals surface area contributed by atoms with E-state index in [-0.39, 0.29) is 11.8 Å². The topological polar surface area (TPSA) is 65.6 Å². The van der Waals surface area contributed by atoms with Gasteiger partial charge in [0, 0.05) is 27.2 Å². The van der Waals surface area contributed by atoms with Gasteiger partial charge in [0.2, 0.25) is 5.91 Å². The Labute approximate surface area is 201 Å². The molecule has 0 saturated carbocycles. The van der Waals surface area contributed by atoms with Crippen molar-refractivity contribution in [2.24, 2.45) is 5.92 Å². The molecule has 6 nitrogen and oxygen atoms in total. The number of halogens is 1. The van der Waals surface area contributed by atoms with Crippen molar-refractivity contribution in [3.05, 3.63) is 94.6 Å². The molecule has 3 aromatic carbocycles. The molecule has 2 aliphatic heterocycles. The van der Waals surface area contributed by atoms with Gasteiger partial charge >= 0.3 is 0 Å². The summed E-state index contributed by atoms with van der Waals surface area (Å²) in [5.41, 5.74) is 4.85. The Balaban J connectivity index is 1.53. The second-order valence-electron chi connectivity index (χ2n) is 8.76. The zero-order valence-corrected chi connectivity index (χ0v) is 19.4. The van der Waals surface area contributed by atoms with Gasteiger partial charge in [-0.3, -0.25) is 14.4 Å². The van der Waals surface area contributed by atoms with E-state index in [2.05, 4.69) is 4.98 Å². The molecule has 1 N–H and O–H groups in total. The minimum Gasteiger partial charge on any atom is -0.358 e. The number of hydrogen-bond acceptors (Lipinski definition) is 4. The molecule has 4 aromatic rings. The van der Waals surface area contributed by atoms with E-state index in [9.17, 15) is 9.59 Å². The molecular weight excluding hydrogens is 450 g/mol. The average molecular weight is 472 g/mol. The highest BCUT2D eigenvalue weighted by Gasteiger charge is 2.61. The second-order valence-corrected chi connectivity index (χ2v) is 9.17. The van der Waals surface area contributed by atoms with Crippen LogP contribution in [0, 0.1) is 19.8 Å². The van der Waals surface area contributed by atoms with Gasteiger partial charge < -0.3 is 4.98 Å². The zero-order chi connectivity index (χ0) is 23.6. The normalized spacial score (nSPS) is 22.1. The zero-order valence-electron chi connectivity index (χ0n) is 18.7. The van der Waals surface area contributed by atoms with E-state index in [1.807, 2.05) is 68.4 Å². The van der Waals surface area contributed by atoms with Crippen molar-refractivity contribution in [1.82, 2.24) is 4.98 Å². The first kappa shape index (κ1) is 21.0. The molecule has 1 aromatic heterocycles. The lowest BCUT2D eigenvalue weighted by Crippen LogP contribution is -2.37. The SMILES string of the molecule is Cc1[nH]c2ccccc2c1[C@@H]1[C@H]2C(=O)N(c3cccc(Cl)c3C)C(=O)[C@@H]2ON1c1ccccc1. The summed E-state index contributed by atoms with van der Waals surface area (Å²) in [4.78, 5) is 38.5. The van der Waals surface area contributed by atoms with Crippen LogP contribution in [-0.2, 0) is 14.4 Å². The van der Waals surface area contributed by atoms with Gasteiger partial charge in [-0.15, -0.1) is 0 Å². The quantitative estimate of drug-likeness (QED) is 0.401. The number of rotatable bonds is 3. The van der Waals surface area contributed by atoms with Crippen LogP contribution in [0.5, 0.6) is 0 Å². The fourth-order valence-electron chi connectivity index (χ4n) is 5.26. The Kier molecular flexibility index (Phi) is 4.76. The van der Waals surface area contributed by atoms with Crippen molar-refractivity contribution in [1.29, 1.82) is 0 Å². The summed E-state index contributed by atoms with van der Waals surface area (Å²) in [6.45, 7) is 3.80. The van der Waals surface area contributed by atoms with Gasteiger partial charge in [0.15, 0.2) is 6.10 Å². The number of amides is 2. The summed E-state index contributed by atoms with van der Waals surface area (Å²) in [7, 11) is 0.